The monoisotopic (exact) mass is 793 g/mol. The van der Waals surface area contributed by atoms with Crippen molar-refractivity contribution in [1.82, 2.24) is 23.9 Å². The molecule has 0 amide bonds. The third-order valence-electron chi connectivity index (χ3n) is 12.7. The minimum Gasteiger partial charge on any atom is -0.308 e. The topological polar surface area (TPSA) is 48.0 Å². The van der Waals surface area contributed by atoms with Crippen molar-refractivity contribution in [2.24, 2.45) is 0 Å². The Morgan fingerprint density at radius 3 is 1.70 bits per heavy atom. The normalized spacial score (nSPS) is 12.3. The minimum atomic E-state index is 0.634. The van der Waals surface area contributed by atoms with E-state index in [-0.39, 0.29) is 0 Å². The molecule has 0 aliphatic heterocycles. The van der Waals surface area contributed by atoms with Gasteiger partial charge in [-0.25, -0.2) is 15.0 Å². The molecule has 5 nitrogen and oxygen atoms in total. The molecule has 14 aromatic rings. The third-order valence-corrected chi connectivity index (χ3v) is 13.9. The number of para-hydroxylation sites is 2. The number of aromatic nitrogens is 5. The number of rotatable bonds is 4. The molecule has 5 heterocycles. The van der Waals surface area contributed by atoms with Gasteiger partial charge in [-0.2, -0.15) is 0 Å². The third kappa shape index (κ3) is 4.62. The fourth-order valence-corrected chi connectivity index (χ4v) is 11.2. The van der Waals surface area contributed by atoms with E-state index in [1.165, 1.54) is 85.3 Å². The van der Waals surface area contributed by atoms with Crippen molar-refractivity contribution < 1.29 is 0 Å². The Bertz CT molecular complexity index is 4050. The summed E-state index contributed by atoms with van der Waals surface area (Å²) in [6.07, 6.45) is 0. The lowest BCUT2D eigenvalue weighted by atomic mass is 10.0. The van der Waals surface area contributed by atoms with Crippen LogP contribution in [-0.2, 0) is 0 Å². The van der Waals surface area contributed by atoms with Crippen LogP contribution in [0.2, 0.25) is 0 Å². The molecule has 0 fully saturated rings. The summed E-state index contributed by atoms with van der Waals surface area (Å²) in [4.78, 5) is 15.5. The molecule has 0 atom stereocenters. The van der Waals surface area contributed by atoms with Crippen LogP contribution < -0.4 is 0 Å². The summed E-state index contributed by atoms with van der Waals surface area (Å²) in [6, 6.07) is 67.7. The van der Waals surface area contributed by atoms with Gasteiger partial charge in [-0.05, 0) is 41.8 Å². The van der Waals surface area contributed by atoms with E-state index in [0.717, 1.165) is 27.9 Å². The van der Waals surface area contributed by atoms with Crippen LogP contribution in [0.4, 0.5) is 0 Å². The van der Waals surface area contributed by atoms with Gasteiger partial charge in [0.1, 0.15) is 0 Å². The van der Waals surface area contributed by atoms with Crippen LogP contribution in [-0.4, -0.2) is 23.9 Å². The molecule has 0 bridgehead atoms. The fraction of sp³-hybridized carbons (Fsp3) is 0. The van der Waals surface area contributed by atoms with Crippen LogP contribution in [0.1, 0.15) is 0 Å². The average Bonchev–Trinajstić information content (AvgIpc) is 4.07. The van der Waals surface area contributed by atoms with Crippen LogP contribution in [0.15, 0.2) is 188 Å². The van der Waals surface area contributed by atoms with Crippen LogP contribution >= 0.6 is 11.3 Å². The lowest BCUT2D eigenvalue weighted by Gasteiger charge is -2.14. The van der Waals surface area contributed by atoms with E-state index in [2.05, 4.69) is 161 Å². The molecule has 0 spiro atoms. The predicted octanol–water partition coefficient (Wildman–Crippen LogP) is 14.6. The van der Waals surface area contributed by atoms with E-state index >= 15 is 0 Å². The predicted molar refractivity (Wildman–Crippen MR) is 256 cm³/mol. The van der Waals surface area contributed by atoms with E-state index in [1.54, 1.807) is 0 Å². The van der Waals surface area contributed by atoms with Gasteiger partial charge in [0.15, 0.2) is 17.5 Å². The van der Waals surface area contributed by atoms with E-state index in [4.69, 9.17) is 15.0 Å². The number of thiophene rings is 1. The molecule has 0 saturated carbocycles. The number of benzene rings is 9. The summed E-state index contributed by atoms with van der Waals surface area (Å²) in [5.74, 6) is 1.92. The molecular formula is C55H31N5S. The first-order valence-electron chi connectivity index (χ1n) is 20.6. The average molecular weight is 794 g/mol. The van der Waals surface area contributed by atoms with E-state index in [1.807, 2.05) is 47.7 Å². The zero-order chi connectivity index (χ0) is 39.8. The summed E-state index contributed by atoms with van der Waals surface area (Å²) in [5, 5.41) is 12.4. The Kier molecular flexibility index (Phi) is 6.65. The van der Waals surface area contributed by atoms with Crippen molar-refractivity contribution in [1.29, 1.82) is 0 Å². The quantitative estimate of drug-likeness (QED) is 0.178. The number of nitrogens with zero attached hydrogens (tertiary/aromatic N) is 5. The number of hydrogen-bond donors (Lipinski definition) is 0. The minimum absolute atomic E-state index is 0.634. The highest BCUT2D eigenvalue weighted by Crippen LogP contribution is 2.47. The molecule has 6 heteroatoms. The smallest absolute Gasteiger partial charge is 0.164 e. The fourth-order valence-electron chi connectivity index (χ4n) is 9.99. The van der Waals surface area contributed by atoms with Crippen LogP contribution in [0.5, 0.6) is 0 Å². The second-order valence-corrected chi connectivity index (χ2v) is 17.0. The maximum atomic E-state index is 5.25. The summed E-state index contributed by atoms with van der Waals surface area (Å²) < 4.78 is 7.48. The van der Waals surface area contributed by atoms with Crippen molar-refractivity contribution >= 4 is 102 Å². The Morgan fingerprint density at radius 2 is 0.934 bits per heavy atom. The summed E-state index contributed by atoms with van der Waals surface area (Å²) >= 11 is 1.85. The second kappa shape index (κ2) is 12.3. The van der Waals surface area contributed by atoms with Gasteiger partial charge in [-0.3, -0.25) is 0 Å². The lowest BCUT2D eigenvalue weighted by molar-refractivity contribution is 1.07. The maximum Gasteiger partial charge on any atom is 0.164 e. The van der Waals surface area contributed by atoms with Gasteiger partial charge in [-0.15, -0.1) is 11.3 Å². The largest absolute Gasteiger partial charge is 0.308 e. The molecule has 0 saturated heterocycles. The first kappa shape index (κ1) is 33.0. The standard InChI is InChI=1S/C55H31N5S/c1-3-15-33(16-4-1)53-56-54(34-17-5-2-6-18-34)58-55(57-53)35-28-44-38-21-10-12-25-49(38)61-52(44)48(29-35)60-47-31-46-42(30-43(47)41-27-26-32-14-7-8-19-36(32)50(41)60)40-23-13-22-39-37-20-9-11-24-45(37)59(46)51(39)40/h1-31H. The van der Waals surface area contributed by atoms with Gasteiger partial charge in [0.05, 0.1) is 38.0 Å². The maximum absolute atomic E-state index is 5.25. The Hall–Kier alpha value is -7.93. The first-order chi connectivity index (χ1) is 30.2. The molecule has 282 valence electrons. The Morgan fingerprint density at radius 1 is 0.344 bits per heavy atom. The Balaban J connectivity index is 1.15. The van der Waals surface area contributed by atoms with E-state index < -0.39 is 0 Å². The molecule has 0 unspecified atom stereocenters. The van der Waals surface area contributed by atoms with Gasteiger partial charge in [-0.1, -0.05) is 152 Å². The summed E-state index contributed by atoms with van der Waals surface area (Å²) in [7, 11) is 0. The first-order valence-corrected chi connectivity index (χ1v) is 21.4. The summed E-state index contributed by atoms with van der Waals surface area (Å²) in [5.41, 5.74) is 9.98. The van der Waals surface area contributed by atoms with Crippen LogP contribution in [0.25, 0.3) is 131 Å². The molecule has 0 N–H and O–H groups in total. The van der Waals surface area contributed by atoms with Gasteiger partial charge >= 0.3 is 0 Å². The molecule has 5 aromatic heterocycles. The number of fused-ring (bicyclic) bond motifs is 14. The lowest BCUT2D eigenvalue weighted by Crippen LogP contribution is -2.01. The van der Waals surface area contributed by atoms with Crippen molar-refractivity contribution in [2.75, 3.05) is 0 Å². The van der Waals surface area contributed by atoms with Crippen molar-refractivity contribution in [3.8, 4) is 39.9 Å². The molecule has 0 radical (unpaired) electrons. The van der Waals surface area contributed by atoms with Gasteiger partial charge in [0.25, 0.3) is 0 Å². The van der Waals surface area contributed by atoms with Crippen LogP contribution in [0.3, 0.4) is 0 Å². The highest BCUT2D eigenvalue weighted by atomic mass is 32.1. The van der Waals surface area contributed by atoms with Crippen molar-refractivity contribution in [2.45, 2.75) is 0 Å². The van der Waals surface area contributed by atoms with Gasteiger partial charge < -0.3 is 8.97 Å². The van der Waals surface area contributed by atoms with E-state index in [0.29, 0.717) is 17.5 Å². The molecule has 14 rings (SSSR count). The van der Waals surface area contributed by atoms with Crippen LogP contribution in [0, 0.1) is 0 Å². The molecule has 9 aromatic carbocycles. The van der Waals surface area contributed by atoms with Gasteiger partial charge in [0.2, 0.25) is 0 Å². The highest BCUT2D eigenvalue weighted by molar-refractivity contribution is 7.26. The molecule has 61 heavy (non-hydrogen) atoms. The van der Waals surface area contributed by atoms with Crippen molar-refractivity contribution in [3.63, 3.8) is 0 Å². The van der Waals surface area contributed by atoms with E-state index in [9.17, 15) is 0 Å². The SMILES string of the molecule is c1ccc(-c2nc(-c3ccccc3)nc(-c3cc(-n4c5cc6c(cc5c5ccc7ccccc7c54)c4cccc5c7ccccc7n6c54)c4sc5ccccc5c4c3)n2)cc1. The zero-order valence-corrected chi connectivity index (χ0v) is 33.4. The summed E-state index contributed by atoms with van der Waals surface area (Å²) in [6.45, 7) is 0. The van der Waals surface area contributed by atoms with Gasteiger partial charge in [0, 0.05) is 69.9 Å². The number of hydrogen-bond acceptors (Lipinski definition) is 4. The molecular weight excluding hydrogens is 763 g/mol. The highest BCUT2D eigenvalue weighted by Gasteiger charge is 2.24. The Labute approximate surface area is 352 Å². The molecule has 0 aliphatic carbocycles. The van der Waals surface area contributed by atoms with Crippen molar-refractivity contribution in [3.05, 3.63) is 188 Å². The second-order valence-electron chi connectivity index (χ2n) is 16.0. The molecule has 0 aliphatic rings. The zero-order valence-electron chi connectivity index (χ0n) is 32.5.